The number of halogens is 1. The number of hydrogen-bond acceptors (Lipinski definition) is 2. The predicted octanol–water partition coefficient (Wildman–Crippen LogP) is 2.67. The third-order valence-corrected chi connectivity index (χ3v) is 3.46. The molecule has 0 saturated heterocycles. The van der Waals surface area contributed by atoms with Crippen LogP contribution in [-0.4, -0.2) is 11.5 Å². The molecule has 1 aromatic carbocycles. The summed E-state index contributed by atoms with van der Waals surface area (Å²) in [6, 6.07) is 6.08. The second-order valence-corrected chi connectivity index (χ2v) is 4.69. The van der Waals surface area contributed by atoms with E-state index in [0.29, 0.717) is 18.0 Å². The van der Waals surface area contributed by atoms with Gasteiger partial charge < -0.3 is 0 Å². The molecular formula is C9H7BrOS. The number of fused-ring (bicyclic) bond motifs is 1. The third-order valence-electron chi connectivity index (χ3n) is 1.81. The van der Waals surface area contributed by atoms with Crippen molar-refractivity contribution in [2.75, 3.05) is 5.75 Å². The minimum absolute atomic E-state index is 0.329. The van der Waals surface area contributed by atoms with E-state index < -0.39 is 0 Å². The SMILES string of the molecule is O=C1CSc2cc(Br)ccc2C1. The van der Waals surface area contributed by atoms with E-state index in [9.17, 15) is 4.79 Å². The van der Waals surface area contributed by atoms with Gasteiger partial charge in [-0.05, 0) is 17.7 Å². The van der Waals surface area contributed by atoms with Crippen LogP contribution >= 0.6 is 27.7 Å². The van der Waals surface area contributed by atoms with Crippen molar-refractivity contribution in [3.05, 3.63) is 28.2 Å². The fourth-order valence-corrected chi connectivity index (χ4v) is 2.70. The summed E-state index contributed by atoms with van der Waals surface area (Å²) < 4.78 is 1.09. The van der Waals surface area contributed by atoms with Crippen LogP contribution in [0.5, 0.6) is 0 Å². The number of carbonyl (C=O) groups excluding carboxylic acids is 1. The van der Waals surface area contributed by atoms with Crippen molar-refractivity contribution < 1.29 is 4.79 Å². The first kappa shape index (κ1) is 8.32. The normalized spacial score (nSPS) is 15.9. The zero-order chi connectivity index (χ0) is 8.55. The lowest BCUT2D eigenvalue weighted by molar-refractivity contribution is -0.116. The molecule has 0 saturated carbocycles. The molecule has 0 fully saturated rings. The quantitative estimate of drug-likeness (QED) is 0.696. The highest BCUT2D eigenvalue weighted by Gasteiger charge is 2.15. The molecule has 0 aromatic heterocycles. The third kappa shape index (κ3) is 1.57. The molecule has 0 unspecified atom stereocenters. The molecule has 1 aromatic rings. The van der Waals surface area contributed by atoms with Crippen LogP contribution in [0.25, 0.3) is 0 Å². The lowest BCUT2D eigenvalue weighted by Gasteiger charge is -2.13. The Bertz CT molecular complexity index is 335. The van der Waals surface area contributed by atoms with Gasteiger partial charge in [0.05, 0.1) is 5.75 Å². The van der Waals surface area contributed by atoms with E-state index in [0.717, 1.165) is 4.47 Å². The van der Waals surface area contributed by atoms with Crippen LogP contribution < -0.4 is 0 Å². The van der Waals surface area contributed by atoms with Crippen LogP contribution in [0.1, 0.15) is 5.56 Å². The number of benzene rings is 1. The Balaban J connectivity index is 2.43. The second-order valence-electron chi connectivity index (χ2n) is 2.76. The zero-order valence-electron chi connectivity index (χ0n) is 6.34. The van der Waals surface area contributed by atoms with Gasteiger partial charge in [-0.25, -0.2) is 0 Å². The molecule has 0 radical (unpaired) electrons. The van der Waals surface area contributed by atoms with Gasteiger partial charge in [-0.1, -0.05) is 22.0 Å². The van der Waals surface area contributed by atoms with Crippen molar-refractivity contribution in [3.8, 4) is 0 Å². The first-order valence-electron chi connectivity index (χ1n) is 3.68. The van der Waals surface area contributed by atoms with Gasteiger partial charge in [-0.2, -0.15) is 0 Å². The van der Waals surface area contributed by atoms with E-state index in [1.165, 1.54) is 10.5 Å². The number of Topliss-reactive ketones (excluding diaryl/α,β-unsaturated/α-hetero) is 1. The first-order valence-corrected chi connectivity index (χ1v) is 5.46. The Morgan fingerprint density at radius 2 is 2.25 bits per heavy atom. The number of hydrogen-bond donors (Lipinski definition) is 0. The van der Waals surface area contributed by atoms with E-state index in [1.807, 2.05) is 12.1 Å². The highest BCUT2D eigenvalue weighted by atomic mass is 79.9. The van der Waals surface area contributed by atoms with Crippen molar-refractivity contribution in [1.29, 1.82) is 0 Å². The van der Waals surface area contributed by atoms with Crippen LogP contribution in [0.3, 0.4) is 0 Å². The van der Waals surface area contributed by atoms with Crippen molar-refractivity contribution >= 4 is 33.5 Å². The monoisotopic (exact) mass is 242 g/mol. The summed E-state index contributed by atoms with van der Waals surface area (Å²) in [5.41, 5.74) is 1.17. The van der Waals surface area contributed by atoms with E-state index >= 15 is 0 Å². The van der Waals surface area contributed by atoms with Gasteiger partial charge in [0.25, 0.3) is 0 Å². The summed E-state index contributed by atoms with van der Waals surface area (Å²) in [5, 5.41) is 0. The number of carbonyl (C=O) groups is 1. The summed E-state index contributed by atoms with van der Waals surface area (Å²) in [7, 11) is 0. The molecule has 0 aliphatic carbocycles. The number of thioether (sulfide) groups is 1. The molecule has 62 valence electrons. The average molecular weight is 243 g/mol. The molecular weight excluding hydrogens is 236 g/mol. The Labute approximate surface area is 83.7 Å². The maximum absolute atomic E-state index is 11.1. The molecule has 2 rings (SSSR count). The number of rotatable bonds is 0. The number of ketones is 1. The standard InChI is InChI=1S/C9H7BrOS/c10-7-2-1-6-3-8(11)5-12-9(6)4-7/h1-2,4H,3,5H2. The molecule has 1 heterocycles. The summed E-state index contributed by atoms with van der Waals surface area (Å²) in [6.07, 6.45) is 0.607. The highest BCUT2D eigenvalue weighted by molar-refractivity contribution is 9.10. The smallest absolute Gasteiger partial charge is 0.147 e. The van der Waals surface area contributed by atoms with Gasteiger partial charge in [0.2, 0.25) is 0 Å². The van der Waals surface area contributed by atoms with Gasteiger partial charge >= 0.3 is 0 Å². The van der Waals surface area contributed by atoms with Crippen LogP contribution in [0.15, 0.2) is 27.6 Å². The molecule has 0 bridgehead atoms. The van der Waals surface area contributed by atoms with Crippen LogP contribution in [0.4, 0.5) is 0 Å². The highest BCUT2D eigenvalue weighted by Crippen LogP contribution is 2.30. The first-order chi connectivity index (χ1) is 5.75. The lowest BCUT2D eigenvalue weighted by atomic mass is 10.1. The fraction of sp³-hybridized carbons (Fsp3) is 0.222. The summed E-state index contributed by atoms with van der Waals surface area (Å²) in [5.74, 6) is 0.957. The molecule has 1 aliphatic heterocycles. The van der Waals surface area contributed by atoms with Gasteiger partial charge in [-0.15, -0.1) is 11.8 Å². The van der Waals surface area contributed by atoms with Crippen molar-refractivity contribution in [2.45, 2.75) is 11.3 Å². The zero-order valence-corrected chi connectivity index (χ0v) is 8.74. The van der Waals surface area contributed by atoms with E-state index in [-0.39, 0.29) is 0 Å². The minimum Gasteiger partial charge on any atom is -0.298 e. The maximum atomic E-state index is 11.1. The lowest BCUT2D eigenvalue weighted by Crippen LogP contribution is -2.11. The van der Waals surface area contributed by atoms with Crippen molar-refractivity contribution in [2.24, 2.45) is 0 Å². The summed E-state index contributed by atoms with van der Waals surface area (Å²) in [6.45, 7) is 0. The minimum atomic E-state index is 0.329. The average Bonchev–Trinajstić information content (AvgIpc) is 2.05. The Morgan fingerprint density at radius 1 is 1.42 bits per heavy atom. The van der Waals surface area contributed by atoms with Crippen molar-refractivity contribution in [1.82, 2.24) is 0 Å². The molecule has 0 atom stereocenters. The topological polar surface area (TPSA) is 17.1 Å². The molecule has 1 aliphatic rings. The van der Waals surface area contributed by atoms with Gasteiger partial charge in [0.1, 0.15) is 5.78 Å². The van der Waals surface area contributed by atoms with Gasteiger partial charge in [0.15, 0.2) is 0 Å². The Hall–Kier alpha value is -0.280. The molecule has 1 nitrogen and oxygen atoms in total. The molecule has 12 heavy (non-hydrogen) atoms. The fourth-order valence-electron chi connectivity index (χ4n) is 1.23. The maximum Gasteiger partial charge on any atom is 0.147 e. The van der Waals surface area contributed by atoms with E-state index in [1.54, 1.807) is 11.8 Å². The molecule has 3 heteroatoms. The molecule has 0 N–H and O–H groups in total. The Morgan fingerprint density at radius 3 is 3.08 bits per heavy atom. The molecule has 0 spiro atoms. The van der Waals surface area contributed by atoms with E-state index in [4.69, 9.17) is 0 Å². The predicted molar refractivity (Wildman–Crippen MR) is 53.6 cm³/mol. The van der Waals surface area contributed by atoms with E-state index in [2.05, 4.69) is 22.0 Å². The largest absolute Gasteiger partial charge is 0.298 e. The van der Waals surface area contributed by atoms with Gasteiger partial charge in [-0.3, -0.25) is 4.79 Å². The Kier molecular flexibility index (Phi) is 2.24. The second kappa shape index (κ2) is 3.23. The molecule has 0 amide bonds. The summed E-state index contributed by atoms with van der Waals surface area (Å²) >= 11 is 5.04. The van der Waals surface area contributed by atoms with Crippen LogP contribution in [-0.2, 0) is 11.2 Å². The van der Waals surface area contributed by atoms with Crippen molar-refractivity contribution in [3.63, 3.8) is 0 Å². The summed E-state index contributed by atoms with van der Waals surface area (Å²) in [4.78, 5) is 12.3. The van der Waals surface area contributed by atoms with Crippen LogP contribution in [0.2, 0.25) is 0 Å². The van der Waals surface area contributed by atoms with Crippen LogP contribution in [0, 0.1) is 0 Å². The van der Waals surface area contributed by atoms with Gasteiger partial charge in [0, 0.05) is 15.8 Å².